The van der Waals surface area contributed by atoms with Crippen LogP contribution in [0, 0.1) is 5.82 Å². The van der Waals surface area contributed by atoms with Crippen LogP contribution in [0.2, 0.25) is 0 Å². The van der Waals surface area contributed by atoms with Crippen LogP contribution in [-0.2, 0) is 16.0 Å². The van der Waals surface area contributed by atoms with Crippen molar-refractivity contribution in [3.05, 3.63) is 35.6 Å². The summed E-state index contributed by atoms with van der Waals surface area (Å²) in [5.41, 5.74) is 0.901. The molecule has 0 saturated carbocycles. The van der Waals surface area contributed by atoms with Crippen molar-refractivity contribution >= 4 is 11.8 Å². The molecular weight excluding hydrogens is 211 g/mol. The van der Waals surface area contributed by atoms with Gasteiger partial charge in [0.15, 0.2) is 0 Å². The van der Waals surface area contributed by atoms with E-state index in [2.05, 4.69) is 10.6 Å². The smallest absolute Gasteiger partial charge is 0.309 e. The highest BCUT2D eigenvalue weighted by Crippen LogP contribution is 2.02. The topological polar surface area (TPSA) is 58.2 Å². The van der Waals surface area contributed by atoms with Crippen molar-refractivity contribution in [2.45, 2.75) is 6.42 Å². The van der Waals surface area contributed by atoms with Crippen molar-refractivity contribution in [2.24, 2.45) is 0 Å². The molecule has 1 aromatic rings. The minimum absolute atomic E-state index is 0.293. The fraction of sp³-hybridized carbons (Fsp3) is 0.273. The lowest BCUT2D eigenvalue weighted by Crippen LogP contribution is -2.38. The third-order valence-electron chi connectivity index (χ3n) is 2.05. The SMILES string of the molecule is CNC(=O)C(=O)NCCc1ccc(F)cc1. The van der Waals surface area contributed by atoms with Gasteiger partial charge in [-0.05, 0) is 24.1 Å². The van der Waals surface area contributed by atoms with Gasteiger partial charge < -0.3 is 10.6 Å². The van der Waals surface area contributed by atoms with Crippen LogP contribution in [0.1, 0.15) is 5.56 Å². The molecule has 0 aliphatic carbocycles. The van der Waals surface area contributed by atoms with Gasteiger partial charge in [-0.3, -0.25) is 9.59 Å². The number of amides is 2. The molecule has 2 N–H and O–H groups in total. The molecule has 2 amide bonds. The lowest BCUT2D eigenvalue weighted by Gasteiger charge is -2.04. The van der Waals surface area contributed by atoms with Gasteiger partial charge in [-0.1, -0.05) is 12.1 Å². The predicted octanol–water partition coefficient (Wildman–Crippen LogP) is 0.230. The van der Waals surface area contributed by atoms with Gasteiger partial charge in [-0.25, -0.2) is 4.39 Å². The van der Waals surface area contributed by atoms with Crippen LogP contribution in [-0.4, -0.2) is 25.4 Å². The normalized spacial score (nSPS) is 9.62. The van der Waals surface area contributed by atoms with Gasteiger partial charge in [0.1, 0.15) is 5.82 Å². The molecule has 0 spiro atoms. The maximum absolute atomic E-state index is 12.6. The molecule has 1 rings (SSSR count). The van der Waals surface area contributed by atoms with Crippen LogP contribution in [0.15, 0.2) is 24.3 Å². The van der Waals surface area contributed by atoms with Crippen LogP contribution in [0.25, 0.3) is 0 Å². The summed E-state index contributed by atoms with van der Waals surface area (Å²) in [6.45, 7) is 0.345. The van der Waals surface area contributed by atoms with Crippen molar-refractivity contribution in [1.29, 1.82) is 0 Å². The minimum Gasteiger partial charge on any atom is -0.351 e. The average molecular weight is 224 g/mol. The Morgan fingerprint density at radius 3 is 2.38 bits per heavy atom. The first kappa shape index (κ1) is 12.2. The van der Waals surface area contributed by atoms with Gasteiger partial charge >= 0.3 is 11.8 Å². The standard InChI is InChI=1S/C11H13FN2O2/c1-13-10(15)11(16)14-7-6-8-2-4-9(12)5-3-8/h2-5H,6-7H2,1H3,(H,13,15)(H,14,16). The second-order valence-corrected chi connectivity index (χ2v) is 3.21. The number of hydrogen-bond donors (Lipinski definition) is 2. The maximum atomic E-state index is 12.6. The maximum Gasteiger partial charge on any atom is 0.309 e. The van der Waals surface area contributed by atoms with Crippen molar-refractivity contribution in [3.63, 3.8) is 0 Å². The van der Waals surface area contributed by atoms with Crippen LogP contribution in [0.3, 0.4) is 0 Å². The molecule has 0 bridgehead atoms. The summed E-state index contributed by atoms with van der Waals surface area (Å²) in [6, 6.07) is 5.99. The zero-order valence-corrected chi connectivity index (χ0v) is 8.92. The van der Waals surface area contributed by atoms with E-state index in [1.165, 1.54) is 19.2 Å². The van der Waals surface area contributed by atoms with E-state index in [0.717, 1.165) is 5.56 Å². The second-order valence-electron chi connectivity index (χ2n) is 3.21. The molecule has 0 radical (unpaired) electrons. The Hall–Kier alpha value is -1.91. The van der Waals surface area contributed by atoms with Gasteiger partial charge in [-0.2, -0.15) is 0 Å². The molecular formula is C11H13FN2O2. The summed E-state index contributed by atoms with van der Waals surface area (Å²) in [6.07, 6.45) is 0.559. The van der Waals surface area contributed by atoms with Crippen LogP contribution in [0.4, 0.5) is 4.39 Å². The number of benzene rings is 1. The Morgan fingerprint density at radius 1 is 1.19 bits per heavy atom. The number of halogens is 1. The summed E-state index contributed by atoms with van der Waals surface area (Å²) >= 11 is 0. The van der Waals surface area contributed by atoms with E-state index < -0.39 is 11.8 Å². The molecule has 0 saturated heterocycles. The third kappa shape index (κ3) is 3.68. The van der Waals surface area contributed by atoms with E-state index in [1.54, 1.807) is 12.1 Å². The summed E-state index contributed by atoms with van der Waals surface area (Å²) in [4.78, 5) is 21.9. The molecule has 5 heteroatoms. The van der Waals surface area contributed by atoms with E-state index >= 15 is 0 Å². The highest BCUT2D eigenvalue weighted by molar-refractivity contribution is 6.34. The van der Waals surface area contributed by atoms with E-state index in [-0.39, 0.29) is 5.82 Å². The molecule has 16 heavy (non-hydrogen) atoms. The van der Waals surface area contributed by atoms with Crippen molar-refractivity contribution in [3.8, 4) is 0 Å². The number of rotatable bonds is 3. The molecule has 86 valence electrons. The van der Waals surface area contributed by atoms with E-state index in [0.29, 0.717) is 13.0 Å². The highest BCUT2D eigenvalue weighted by Gasteiger charge is 2.09. The summed E-state index contributed by atoms with van der Waals surface area (Å²) < 4.78 is 12.6. The highest BCUT2D eigenvalue weighted by atomic mass is 19.1. The van der Waals surface area contributed by atoms with Crippen LogP contribution < -0.4 is 10.6 Å². The Labute approximate surface area is 92.8 Å². The van der Waals surface area contributed by atoms with Gasteiger partial charge in [0, 0.05) is 13.6 Å². The molecule has 0 unspecified atom stereocenters. The largest absolute Gasteiger partial charge is 0.351 e. The fourth-order valence-corrected chi connectivity index (χ4v) is 1.17. The Bertz CT molecular complexity index is 376. The molecule has 1 aromatic carbocycles. The summed E-state index contributed by atoms with van der Waals surface area (Å²) in [5, 5.41) is 4.67. The zero-order chi connectivity index (χ0) is 12.0. The Kier molecular flexibility index (Phi) is 4.44. The van der Waals surface area contributed by atoms with Crippen molar-refractivity contribution in [2.75, 3.05) is 13.6 Å². The quantitative estimate of drug-likeness (QED) is 0.722. The number of hydrogen-bond acceptors (Lipinski definition) is 2. The van der Waals surface area contributed by atoms with Gasteiger partial charge in [0.2, 0.25) is 0 Å². The first-order valence-electron chi connectivity index (χ1n) is 4.88. The number of likely N-dealkylation sites (N-methyl/N-ethyl adjacent to an activating group) is 1. The van der Waals surface area contributed by atoms with Gasteiger partial charge in [0.25, 0.3) is 0 Å². The molecule has 0 aliphatic heterocycles. The molecule has 0 atom stereocenters. The number of nitrogens with one attached hydrogen (secondary N) is 2. The number of carbonyl (C=O) groups is 2. The molecule has 0 aliphatic rings. The van der Waals surface area contributed by atoms with Crippen LogP contribution in [0.5, 0.6) is 0 Å². The van der Waals surface area contributed by atoms with E-state index in [1.807, 2.05) is 0 Å². The first-order valence-corrected chi connectivity index (χ1v) is 4.88. The summed E-state index contributed by atoms with van der Waals surface area (Å²) in [5.74, 6) is -1.62. The minimum atomic E-state index is -0.667. The number of carbonyl (C=O) groups excluding carboxylic acids is 2. The molecule has 0 fully saturated rings. The lowest BCUT2D eigenvalue weighted by molar-refractivity contribution is -0.138. The van der Waals surface area contributed by atoms with Crippen molar-refractivity contribution in [1.82, 2.24) is 10.6 Å². The third-order valence-corrected chi connectivity index (χ3v) is 2.05. The monoisotopic (exact) mass is 224 g/mol. The second kappa shape index (κ2) is 5.85. The molecule has 4 nitrogen and oxygen atoms in total. The Morgan fingerprint density at radius 2 is 1.81 bits per heavy atom. The molecule has 0 heterocycles. The van der Waals surface area contributed by atoms with E-state index in [9.17, 15) is 14.0 Å². The summed E-state index contributed by atoms with van der Waals surface area (Å²) in [7, 11) is 1.39. The average Bonchev–Trinajstić information content (AvgIpc) is 2.30. The van der Waals surface area contributed by atoms with Gasteiger partial charge in [0.05, 0.1) is 0 Å². The zero-order valence-electron chi connectivity index (χ0n) is 8.92. The lowest BCUT2D eigenvalue weighted by atomic mass is 10.1. The van der Waals surface area contributed by atoms with Gasteiger partial charge in [-0.15, -0.1) is 0 Å². The first-order chi connectivity index (χ1) is 7.63. The molecule has 0 aromatic heterocycles. The Balaban J connectivity index is 2.33. The van der Waals surface area contributed by atoms with Crippen molar-refractivity contribution < 1.29 is 14.0 Å². The fourth-order valence-electron chi connectivity index (χ4n) is 1.17. The van der Waals surface area contributed by atoms with E-state index in [4.69, 9.17) is 0 Å². The predicted molar refractivity (Wildman–Crippen MR) is 57.2 cm³/mol. The van der Waals surface area contributed by atoms with Crippen LogP contribution >= 0.6 is 0 Å².